The highest BCUT2D eigenvalue weighted by Crippen LogP contribution is 2.14. The highest BCUT2D eigenvalue weighted by atomic mass is 35.5. The fourth-order valence-electron chi connectivity index (χ4n) is 1.63. The molecule has 2 N–H and O–H groups in total. The van der Waals surface area contributed by atoms with Gasteiger partial charge in [-0.2, -0.15) is 0 Å². The molecule has 1 aliphatic heterocycles. The van der Waals surface area contributed by atoms with Gasteiger partial charge in [0.25, 0.3) is 11.8 Å². The maximum absolute atomic E-state index is 11.4. The van der Waals surface area contributed by atoms with Gasteiger partial charge in [-0.3, -0.25) is 14.5 Å². The minimum absolute atomic E-state index is 0. The van der Waals surface area contributed by atoms with Crippen LogP contribution in [0.2, 0.25) is 0 Å². The Morgan fingerprint density at radius 3 is 2.58 bits per heavy atom. The molecule has 7 heteroatoms. The lowest BCUT2D eigenvalue weighted by atomic mass is 10.3. The summed E-state index contributed by atoms with van der Waals surface area (Å²) in [6.07, 6.45) is 0. The van der Waals surface area contributed by atoms with Crippen LogP contribution < -0.4 is 10.5 Å². The number of imide groups is 1. The first-order chi connectivity index (χ1) is 8.66. The number of hydrogen-bond acceptors (Lipinski definition) is 5. The van der Waals surface area contributed by atoms with Crippen molar-refractivity contribution in [1.82, 2.24) is 4.90 Å². The molecular weight excluding hydrogens is 272 g/mol. The number of halogens is 1. The summed E-state index contributed by atoms with van der Waals surface area (Å²) in [5, 5.41) is 0. The number of amides is 2. The van der Waals surface area contributed by atoms with Crippen molar-refractivity contribution in [2.45, 2.75) is 0 Å². The second-order valence-corrected chi connectivity index (χ2v) is 3.85. The number of nitrogen functional groups attached to an aromatic ring is 1. The summed E-state index contributed by atoms with van der Waals surface area (Å²) in [5.41, 5.74) is 6.20. The molecule has 104 valence electrons. The zero-order valence-electron chi connectivity index (χ0n) is 10.2. The third-order valence-corrected chi connectivity index (χ3v) is 2.49. The topological polar surface area (TPSA) is 81.9 Å². The number of rotatable bonds is 4. The number of morpholine rings is 1. The molecule has 0 bridgehead atoms. The number of carbonyl (C=O) groups excluding carboxylic acids is 2. The van der Waals surface area contributed by atoms with E-state index >= 15 is 0 Å². The fourth-order valence-corrected chi connectivity index (χ4v) is 1.63. The van der Waals surface area contributed by atoms with E-state index < -0.39 is 0 Å². The van der Waals surface area contributed by atoms with Crippen molar-refractivity contribution >= 4 is 29.9 Å². The van der Waals surface area contributed by atoms with E-state index in [4.69, 9.17) is 15.2 Å². The van der Waals surface area contributed by atoms with Gasteiger partial charge in [0.2, 0.25) is 0 Å². The van der Waals surface area contributed by atoms with Crippen LogP contribution in [0.3, 0.4) is 0 Å². The van der Waals surface area contributed by atoms with Gasteiger partial charge in [0, 0.05) is 11.8 Å². The first-order valence-electron chi connectivity index (χ1n) is 5.56. The van der Waals surface area contributed by atoms with Crippen molar-refractivity contribution < 1.29 is 19.1 Å². The number of carbonyl (C=O) groups is 2. The van der Waals surface area contributed by atoms with E-state index in [1.54, 1.807) is 24.3 Å². The Balaban J connectivity index is 0.00000180. The molecule has 1 fully saturated rings. The SMILES string of the molecule is Cl.Nc1cccc(OCCN2C(=O)COCC2=O)c1. The molecule has 0 unspecified atom stereocenters. The van der Waals surface area contributed by atoms with Crippen molar-refractivity contribution in [1.29, 1.82) is 0 Å². The number of benzene rings is 1. The summed E-state index contributed by atoms with van der Waals surface area (Å²) in [7, 11) is 0. The molecule has 0 radical (unpaired) electrons. The standard InChI is InChI=1S/C12H14N2O4.ClH/c13-9-2-1-3-10(6-9)18-5-4-14-11(15)7-17-8-12(14)16;/h1-3,6H,4-5,7-8,13H2;1H. The zero-order chi connectivity index (χ0) is 13.0. The minimum atomic E-state index is -0.331. The van der Waals surface area contributed by atoms with Crippen molar-refractivity contribution in [2.75, 3.05) is 32.1 Å². The molecule has 0 aromatic heterocycles. The first-order valence-corrected chi connectivity index (χ1v) is 5.56. The molecule has 0 atom stereocenters. The lowest BCUT2D eigenvalue weighted by Gasteiger charge is -2.24. The van der Waals surface area contributed by atoms with Crippen molar-refractivity contribution in [3.05, 3.63) is 24.3 Å². The molecule has 1 aromatic rings. The molecule has 0 spiro atoms. The monoisotopic (exact) mass is 286 g/mol. The Hall–Kier alpha value is -1.79. The predicted octanol–water partition coefficient (Wildman–Crippen LogP) is 0.455. The Morgan fingerprint density at radius 1 is 1.26 bits per heavy atom. The molecule has 1 heterocycles. The fraction of sp³-hybridized carbons (Fsp3) is 0.333. The number of nitrogens with two attached hydrogens (primary N) is 1. The summed E-state index contributed by atoms with van der Waals surface area (Å²) >= 11 is 0. The molecule has 1 aromatic carbocycles. The van der Waals surface area contributed by atoms with Crippen molar-refractivity contribution in [3.63, 3.8) is 0 Å². The lowest BCUT2D eigenvalue weighted by Crippen LogP contribution is -2.47. The average Bonchev–Trinajstić information content (AvgIpc) is 2.33. The number of nitrogens with zero attached hydrogens (tertiary/aromatic N) is 1. The van der Waals surface area contributed by atoms with E-state index in [2.05, 4.69) is 0 Å². The number of hydrogen-bond donors (Lipinski definition) is 1. The molecule has 1 saturated heterocycles. The Labute approximate surface area is 116 Å². The van der Waals surface area contributed by atoms with Gasteiger partial charge in [-0.15, -0.1) is 12.4 Å². The smallest absolute Gasteiger partial charge is 0.255 e. The second-order valence-electron chi connectivity index (χ2n) is 3.85. The van der Waals surface area contributed by atoms with E-state index in [0.717, 1.165) is 4.90 Å². The molecular formula is C12H15ClN2O4. The van der Waals surface area contributed by atoms with Gasteiger partial charge >= 0.3 is 0 Å². The zero-order valence-corrected chi connectivity index (χ0v) is 11.0. The maximum atomic E-state index is 11.4. The normalized spacial score (nSPS) is 15.1. The molecule has 1 aliphatic rings. The predicted molar refractivity (Wildman–Crippen MR) is 71.1 cm³/mol. The van der Waals surface area contributed by atoms with Gasteiger partial charge in [-0.25, -0.2) is 0 Å². The van der Waals surface area contributed by atoms with Crippen LogP contribution in [0.5, 0.6) is 5.75 Å². The summed E-state index contributed by atoms with van der Waals surface area (Å²) in [4.78, 5) is 24.0. The van der Waals surface area contributed by atoms with Crippen LogP contribution in [0.25, 0.3) is 0 Å². The van der Waals surface area contributed by atoms with Crippen molar-refractivity contribution in [3.8, 4) is 5.75 Å². The number of ether oxygens (including phenoxy) is 2. The van der Waals surface area contributed by atoms with E-state index in [1.165, 1.54) is 0 Å². The lowest BCUT2D eigenvalue weighted by molar-refractivity contribution is -0.158. The molecule has 2 rings (SSSR count). The van der Waals surface area contributed by atoms with Crippen LogP contribution >= 0.6 is 12.4 Å². The van der Waals surface area contributed by atoms with Gasteiger partial charge in [0.1, 0.15) is 25.6 Å². The first kappa shape index (κ1) is 15.3. The summed E-state index contributed by atoms with van der Waals surface area (Å²) in [5.74, 6) is -0.0481. The van der Waals surface area contributed by atoms with Gasteiger partial charge in [-0.1, -0.05) is 6.07 Å². The highest BCUT2D eigenvalue weighted by Gasteiger charge is 2.26. The Bertz CT molecular complexity index is 451. The largest absolute Gasteiger partial charge is 0.492 e. The third-order valence-electron chi connectivity index (χ3n) is 2.49. The molecule has 2 amide bonds. The molecule has 6 nitrogen and oxygen atoms in total. The van der Waals surface area contributed by atoms with Gasteiger partial charge in [0.05, 0.1) is 6.54 Å². The van der Waals surface area contributed by atoms with E-state index in [-0.39, 0.29) is 50.6 Å². The average molecular weight is 287 g/mol. The van der Waals surface area contributed by atoms with Crippen LogP contribution in [0.15, 0.2) is 24.3 Å². The summed E-state index contributed by atoms with van der Waals surface area (Å²) in [6.45, 7) is 0.352. The van der Waals surface area contributed by atoms with Gasteiger partial charge in [0.15, 0.2) is 0 Å². The van der Waals surface area contributed by atoms with Crippen LogP contribution in [0.1, 0.15) is 0 Å². The summed E-state index contributed by atoms with van der Waals surface area (Å²) in [6, 6.07) is 6.97. The van der Waals surface area contributed by atoms with E-state index in [1.807, 2.05) is 0 Å². The van der Waals surface area contributed by atoms with Crippen LogP contribution in [0.4, 0.5) is 5.69 Å². The van der Waals surface area contributed by atoms with Crippen molar-refractivity contribution in [2.24, 2.45) is 0 Å². The quantitative estimate of drug-likeness (QED) is 0.642. The Morgan fingerprint density at radius 2 is 1.95 bits per heavy atom. The highest BCUT2D eigenvalue weighted by molar-refractivity contribution is 5.98. The molecule has 0 aliphatic carbocycles. The van der Waals surface area contributed by atoms with Crippen LogP contribution in [-0.4, -0.2) is 43.1 Å². The van der Waals surface area contributed by atoms with Gasteiger partial charge < -0.3 is 15.2 Å². The molecule has 19 heavy (non-hydrogen) atoms. The minimum Gasteiger partial charge on any atom is -0.492 e. The van der Waals surface area contributed by atoms with Crippen LogP contribution in [0, 0.1) is 0 Å². The van der Waals surface area contributed by atoms with E-state index in [9.17, 15) is 9.59 Å². The van der Waals surface area contributed by atoms with E-state index in [0.29, 0.717) is 11.4 Å². The maximum Gasteiger partial charge on any atom is 0.255 e. The number of anilines is 1. The Kier molecular flexibility index (Phi) is 5.59. The molecule has 0 saturated carbocycles. The van der Waals surface area contributed by atoms with Gasteiger partial charge in [-0.05, 0) is 12.1 Å². The van der Waals surface area contributed by atoms with Crippen LogP contribution in [-0.2, 0) is 14.3 Å². The third kappa shape index (κ3) is 4.11. The second kappa shape index (κ2) is 6.96. The summed E-state index contributed by atoms with van der Waals surface area (Å²) < 4.78 is 10.2.